The van der Waals surface area contributed by atoms with Gasteiger partial charge in [-0.25, -0.2) is 27.8 Å². The topological polar surface area (TPSA) is 171 Å². The van der Waals surface area contributed by atoms with Gasteiger partial charge in [0.1, 0.15) is 16.8 Å². The average Bonchev–Trinajstić information content (AvgIpc) is 3.53. The molecule has 0 N–H and O–H groups in total. The highest BCUT2D eigenvalue weighted by molar-refractivity contribution is 7.92. The van der Waals surface area contributed by atoms with Gasteiger partial charge in [-0.2, -0.15) is 4.90 Å². The minimum Gasteiger partial charge on any atom is -0.444 e. The molecule has 0 spiro atoms. The first-order valence-corrected chi connectivity index (χ1v) is 18.9. The third-order valence-electron chi connectivity index (χ3n) is 7.35. The lowest BCUT2D eigenvalue weighted by Gasteiger charge is -2.28. The summed E-state index contributed by atoms with van der Waals surface area (Å²) in [5.41, 5.74) is -0.0400. The molecule has 0 radical (unpaired) electrons. The van der Waals surface area contributed by atoms with Crippen LogP contribution in [0.5, 0.6) is 0 Å². The van der Waals surface area contributed by atoms with Gasteiger partial charge in [0, 0.05) is 30.9 Å². The predicted octanol–water partition coefficient (Wildman–Crippen LogP) is 8.69. The van der Waals surface area contributed by atoms with Crippen LogP contribution in [0.15, 0.2) is 70.1 Å². The fourth-order valence-corrected chi connectivity index (χ4v) is 5.86. The molecule has 0 saturated heterocycles. The van der Waals surface area contributed by atoms with Crippen LogP contribution in [0.1, 0.15) is 81.7 Å². The van der Waals surface area contributed by atoms with Gasteiger partial charge >= 0.3 is 18.3 Å². The number of ether oxygens (including phenoxy) is 3. The first kappa shape index (κ1) is 41.4. The van der Waals surface area contributed by atoms with E-state index in [-0.39, 0.29) is 28.1 Å². The number of amides is 3. The number of imide groups is 1. The summed E-state index contributed by atoms with van der Waals surface area (Å²) in [6, 6.07) is 15.0. The van der Waals surface area contributed by atoms with E-state index in [9.17, 15) is 22.8 Å². The molecular weight excluding hydrogens is 715 g/mol. The number of hydrogen-bond acceptors (Lipinski definition) is 12. The Hall–Kier alpha value is -5.31. The van der Waals surface area contributed by atoms with Crippen LogP contribution in [-0.2, 0) is 30.6 Å². The van der Waals surface area contributed by atoms with Crippen LogP contribution in [-0.4, -0.2) is 75.9 Å². The second-order valence-corrected chi connectivity index (χ2v) is 18.5. The van der Waals surface area contributed by atoms with Crippen LogP contribution >= 0.6 is 0 Å². The summed E-state index contributed by atoms with van der Waals surface area (Å²) >= 11 is 0. The zero-order valence-corrected chi connectivity index (χ0v) is 33.7. The van der Waals surface area contributed by atoms with Gasteiger partial charge in [0.25, 0.3) is 5.89 Å². The van der Waals surface area contributed by atoms with Crippen LogP contribution in [0.25, 0.3) is 34.0 Å². The molecule has 0 atom stereocenters. The van der Waals surface area contributed by atoms with Crippen molar-refractivity contribution < 1.29 is 41.4 Å². The summed E-state index contributed by atoms with van der Waals surface area (Å²) in [4.78, 5) is 46.6. The number of benzene rings is 2. The molecule has 4 aromatic rings. The van der Waals surface area contributed by atoms with Crippen molar-refractivity contribution in [1.82, 2.24) is 20.1 Å². The highest BCUT2D eigenvalue weighted by Gasteiger charge is 2.36. The third-order valence-corrected chi connectivity index (χ3v) is 9.52. The number of nitrogens with zero attached hydrogens (tertiary/aromatic N) is 5. The molecule has 0 fully saturated rings. The Morgan fingerprint density at radius 2 is 1.19 bits per heavy atom. The fourth-order valence-electron chi connectivity index (χ4n) is 4.80. The number of carbonyl (C=O) groups is 3. The normalized spacial score (nSPS) is 12.3. The Morgan fingerprint density at radius 3 is 1.69 bits per heavy atom. The SMILES string of the molecule is CC(C)S(=O)(=O)c1ccc(-c2cnc(N(C(=O)OC(C)(C)C)C(=O)OC(C)(C)C)c(-c3nnc(-c4ccc(CN(C)C(=O)OC(C)(C)C)cc4)o3)c2)cc1. The van der Waals surface area contributed by atoms with Crippen molar-refractivity contribution in [3.63, 3.8) is 0 Å². The van der Waals surface area contributed by atoms with E-state index < -0.39 is 50.2 Å². The number of rotatable bonds is 8. The monoisotopic (exact) mass is 763 g/mol. The second kappa shape index (κ2) is 15.6. The van der Waals surface area contributed by atoms with Crippen LogP contribution in [0.4, 0.5) is 20.2 Å². The summed E-state index contributed by atoms with van der Waals surface area (Å²) in [6.07, 6.45) is -1.12. The van der Waals surface area contributed by atoms with E-state index >= 15 is 0 Å². The molecule has 290 valence electrons. The van der Waals surface area contributed by atoms with Crippen LogP contribution in [0, 0.1) is 0 Å². The van der Waals surface area contributed by atoms with Gasteiger partial charge in [0.05, 0.1) is 15.7 Å². The molecule has 4 rings (SSSR count). The molecule has 0 aliphatic carbocycles. The van der Waals surface area contributed by atoms with Gasteiger partial charge in [-0.15, -0.1) is 10.2 Å². The van der Waals surface area contributed by atoms with Crippen molar-refractivity contribution in [2.24, 2.45) is 0 Å². The Kier molecular flexibility index (Phi) is 12.0. The Balaban J connectivity index is 1.80. The molecule has 0 aliphatic rings. The zero-order valence-electron chi connectivity index (χ0n) is 32.9. The molecule has 3 amide bonds. The molecule has 2 aromatic heterocycles. The summed E-state index contributed by atoms with van der Waals surface area (Å²) in [6.45, 7) is 18.8. The number of carbonyl (C=O) groups excluding carboxylic acids is 3. The molecule has 54 heavy (non-hydrogen) atoms. The van der Waals surface area contributed by atoms with Crippen molar-refractivity contribution in [2.45, 2.75) is 110 Å². The largest absolute Gasteiger partial charge is 0.444 e. The van der Waals surface area contributed by atoms with Gasteiger partial charge < -0.3 is 23.5 Å². The summed E-state index contributed by atoms with van der Waals surface area (Å²) in [7, 11) is -1.87. The quantitative estimate of drug-likeness (QED) is 0.157. The first-order chi connectivity index (χ1) is 24.8. The minimum absolute atomic E-state index is 0.0841. The van der Waals surface area contributed by atoms with Crippen molar-refractivity contribution in [2.75, 3.05) is 11.9 Å². The van der Waals surface area contributed by atoms with Crippen molar-refractivity contribution in [3.8, 4) is 34.0 Å². The lowest BCUT2D eigenvalue weighted by atomic mass is 10.1. The van der Waals surface area contributed by atoms with E-state index in [0.29, 0.717) is 28.1 Å². The molecule has 2 aromatic carbocycles. The van der Waals surface area contributed by atoms with Crippen molar-refractivity contribution in [3.05, 3.63) is 66.4 Å². The maximum atomic E-state index is 13.7. The summed E-state index contributed by atoms with van der Waals surface area (Å²) in [5.74, 6) is -0.158. The number of aromatic nitrogens is 3. The van der Waals surface area contributed by atoms with Crippen LogP contribution in [0.3, 0.4) is 0 Å². The standard InChI is InChI=1S/C39H49N5O9S/c1-24(2)54(48,49)29-19-17-26(18-20-29)28-21-30(31(40-22-28)44(35(46)52-38(6,7)8)36(47)53-39(9,10)11)33-42-41-32(50-33)27-15-13-25(14-16-27)23-43(12)34(45)51-37(3,4)5/h13-22,24H,23H2,1-12H3. The minimum atomic E-state index is -3.52. The lowest BCUT2D eigenvalue weighted by Crippen LogP contribution is -2.44. The van der Waals surface area contributed by atoms with E-state index in [0.717, 1.165) is 5.56 Å². The summed E-state index contributed by atoms with van der Waals surface area (Å²) in [5, 5.41) is 7.90. The van der Waals surface area contributed by atoms with Crippen LogP contribution < -0.4 is 4.90 Å². The van der Waals surface area contributed by atoms with Gasteiger partial charge in [0.15, 0.2) is 15.7 Å². The number of hydrogen-bond donors (Lipinski definition) is 0. The number of pyridine rings is 1. The van der Waals surface area contributed by atoms with Gasteiger partial charge in [0.2, 0.25) is 5.89 Å². The van der Waals surface area contributed by atoms with E-state index in [1.165, 1.54) is 23.2 Å². The maximum absolute atomic E-state index is 13.7. The molecule has 0 aliphatic heterocycles. The van der Waals surface area contributed by atoms with Crippen molar-refractivity contribution >= 4 is 33.9 Å². The van der Waals surface area contributed by atoms with E-state index in [2.05, 4.69) is 15.2 Å². The Labute approximate surface area is 316 Å². The molecule has 0 bridgehead atoms. The fraction of sp³-hybridized carbons (Fsp3) is 0.436. The third kappa shape index (κ3) is 10.6. The molecule has 2 heterocycles. The highest BCUT2D eigenvalue weighted by Crippen LogP contribution is 2.36. The van der Waals surface area contributed by atoms with E-state index in [4.69, 9.17) is 18.6 Å². The average molecular weight is 764 g/mol. The molecule has 0 unspecified atom stereocenters. The molecule has 0 saturated carbocycles. The van der Waals surface area contributed by atoms with E-state index in [1.807, 2.05) is 12.1 Å². The Morgan fingerprint density at radius 1 is 0.704 bits per heavy atom. The van der Waals surface area contributed by atoms with Crippen LogP contribution in [0.2, 0.25) is 0 Å². The second-order valence-electron chi connectivity index (χ2n) is 16.0. The van der Waals surface area contributed by atoms with Gasteiger partial charge in [-0.3, -0.25) is 0 Å². The Bertz CT molecular complexity index is 2060. The molecular formula is C39H49N5O9S. The maximum Gasteiger partial charge on any atom is 0.425 e. The van der Waals surface area contributed by atoms with Crippen molar-refractivity contribution in [1.29, 1.82) is 0 Å². The lowest BCUT2D eigenvalue weighted by molar-refractivity contribution is 0.0283. The summed E-state index contributed by atoms with van der Waals surface area (Å²) < 4.78 is 48.3. The molecule has 15 heteroatoms. The first-order valence-electron chi connectivity index (χ1n) is 17.3. The van der Waals surface area contributed by atoms with Gasteiger partial charge in [-0.05, 0) is 118 Å². The zero-order chi connectivity index (χ0) is 40.4. The highest BCUT2D eigenvalue weighted by atomic mass is 32.2. The predicted molar refractivity (Wildman–Crippen MR) is 203 cm³/mol. The van der Waals surface area contributed by atoms with E-state index in [1.54, 1.807) is 114 Å². The smallest absolute Gasteiger partial charge is 0.425 e. The number of anilines is 1. The number of sulfone groups is 1. The van der Waals surface area contributed by atoms with Gasteiger partial charge in [-0.1, -0.05) is 24.3 Å². The molecule has 14 nitrogen and oxygen atoms in total.